The van der Waals surface area contributed by atoms with E-state index in [1.807, 2.05) is 13.8 Å². The second-order valence-corrected chi connectivity index (χ2v) is 7.13. The summed E-state index contributed by atoms with van der Waals surface area (Å²) in [5, 5.41) is 13.0. The van der Waals surface area contributed by atoms with Crippen molar-refractivity contribution in [2.45, 2.75) is 59.0 Å². The normalized spacial score (nSPS) is 12.8. The summed E-state index contributed by atoms with van der Waals surface area (Å²) in [7, 11) is 0. The predicted octanol–water partition coefficient (Wildman–Crippen LogP) is 3.20. The third kappa shape index (κ3) is 5.75. The second-order valence-electron chi connectivity index (χ2n) is 7.13. The van der Waals surface area contributed by atoms with Gasteiger partial charge in [0, 0.05) is 6.54 Å². The zero-order valence-corrected chi connectivity index (χ0v) is 13.3. The highest BCUT2D eigenvalue weighted by Gasteiger charge is 2.15. The molecule has 2 heteroatoms. The zero-order chi connectivity index (χ0) is 14.7. The molecule has 19 heavy (non-hydrogen) atoms. The first-order valence-corrected chi connectivity index (χ1v) is 7.13. The molecule has 1 aromatic carbocycles. The molecule has 0 aliphatic heterocycles. The van der Waals surface area contributed by atoms with Crippen molar-refractivity contribution in [3.8, 4) is 0 Å². The minimum atomic E-state index is -0.637. The smallest absolute Gasteiger partial charge is 0.0715 e. The molecule has 0 heterocycles. The SMILES string of the molecule is Cc1ccc(C(C)(C)C)cc1CCNCC(C)(C)O. The van der Waals surface area contributed by atoms with Gasteiger partial charge in [-0.25, -0.2) is 0 Å². The van der Waals surface area contributed by atoms with Gasteiger partial charge in [0.05, 0.1) is 5.60 Å². The summed E-state index contributed by atoms with van der Waals surface area (Å²) in [4.78, 5) is 0. The van der Waals surface area contributed by atoms with Crippen molar-refractivity contribution in [2.24, 2.45) is 0 Å². The molecule has 0 radical (unpaired) electrons. The largest absolute Gasteiger partial charge is 0.389 e. The molecule has 0 aliphatic rings. The second kappa shape index (κ2) is 6.06. The van der Waals surface area contributed by atoms with Crippen molar-refractivity contribution in [1.82, 2.24) is 5.32 Å². The van der Waals surface area contributed by atoms with E-state index >= 15 is 0 Å². The first kappa shape index (κ1) is 16.2. The summed E-state index contributed by atoms with van der Waals surface area (Å²) in [6.07, 6.45) is 1.01. The molecule has 0 atom stereocenters. The molecule has 0 spiro atoms. The summed E-state index contributed by atoms with van der Waals surface area (Å²) in [5.41, 5.74) is 3.69. The molecule has 0 saturated carbocycles. The first-order valence-electron chi connectivity index (χ1n) is 7.13. The fourth-order valence-electron chi connectivity index (χ4n) is 2.02. The molecule has 0 aliphatic carbocycles. The van der Waals surface area contributed by atoms with E-state index in [1.54, 1.807) is 0 Å². The zero-order valence-electron chi connectivity index (χ0n) is 13.3. The lowest BCUT2D eigenvalue weighted by atomic mass is 9.85. The van der Waals surface area contributed by atoms with Crippen molar-refractivity contribution < 1.29 is 5.11 Å². The van der Waals surface area contributed by atoms with Gasteiger partial charge < -0.3 is 10.4 Å². The fraction of sp³-hybridized carbons (Fsp3) is 0.647. The Labute approximate surface area is 118 Å². The maximum atomic E-state index is 9.66. The van der Waals surface area contributed by atoms with Gasteiger partial charge in [-0.1, -0.05) is 39.0 Å². The predicted molar refractivity (Wildman–Crippen MR) is 82.8 cm³/mol. The lowest BCUT2D eigenvalue weighted by molar-refractivity contribution is 0.0801. The summed E-state index contributed by atoms with van der Waals surface area (Å²) in [6, 6.07) is 6.76. The topological polar surface area (TPSA) is 32.3 Å². The third-order valence-electron chi connectivity index (χ3n) is 3.34. The monoisotopic (exact) mass is 263 g/mol. The van der Waals surface area contributed by atoms with Gasteiger partial charge in [0.25, 0.3) is 0 Å². The Morgan fingerprint density at radius 1 is 1.11 bits per heavy atom. The first-order chi connectivity index (χ1) is 8.59. The quantitative estimate of drug-likeness (QED) is 0.800. The number of rotatable bonds is 5. The van der Waals surface area contributed by atoms with Crippen LogP contribution in [0.1, 0.15) is 51.3 Å². The number of hydrogen-bond acceptors (Lipinski definition) is 2. The Morgan fingerprint density at radius 2 is 1.74 bits per heavy atom. The molecular formula is C17H29NO. The van der Waals surface area contributed by atoms with E-state index < -0.39 is 5.60 Å². The molecule has 1 rings (SSSR count). The van der Waals surface area contributed by atoms with Gasteiger partial charge in [0.1, 0.15) is 0 Å². The van der Waals surface area contributed by atoms with Crippen LogP contribution < -0.4 is 5.32 Å². The molecule has 0 aromatic heterocycles. The Balaban J connectivity index is 2.63. The highest BCUT2D eigenvalue weighted by molar-refractivity contribution is 5.34. The van der Waals surface area contributed by atoms with E-state index in [2.05, 4.69) is 51.2 Å². The van der Waals surface area contributed by atoms with Gasteiger partial charge in [-0.2, -0.15) is 0 Å². The van der Waals surface area contributed by atoms with Gasteiger partial charge in [-0.15, -0.1) is 0 Å². The highest BCUT2D eigenvalue weighted by Crippen LogP contribution is 2.24. The Bertz CT molecular complexity index is 410. The molecule has 2 N–H and O–H groups in total. The van der Waals surface area contributed by atoms with Crippen LogP contribution in [-0.4, -0.2) is 23.8 Å². The van der Waals surface area contributed by atoms with E-state index in [4.69, 9.17) is 0 Å². The summed E-state index contributed by atoms with van der Waals surface area (Å²) < 4.78 is 0. The molecule has 1 aromatic rings. The Kier molecular flexibility index (Phi) is 5.17. The minimum Gasteiger partial charge on any atom is -0.389 e. The van der Waals surface area contributed by atoms with E-state index in [0.717, 1.165) is 13.0 Å². The minimum absolute atomic E-state index is 0.197. The molecule has 0 saturated heterocycles. The molecule has 108 valence electrons. The van der Waals surface area contributed by atoms with Crippen LogP contribution in [0.15, 0.2) is 18.2 Å². The fourth-order valence-corrected chi connectivity index (χ4v) is 2.02. The standard InChI is InChI=1S/C17H29NO/c1-13-7-8-15(16(2,3)4)11-14(13)9-10-18-12-17(5,6)19/h7-8,11,18-19H,9-10,12H2,1-6H3. The average molecular weight is 263 g/mol. The summed E-state index contributed by atoms with van der Waals surface area (Å²) >= 11 is 0. The van der Waals surface area contributed by atoms with Gasteiger partial charge >= 0.3 is 0 Å². The van der Waals surface area contributed by atoms with Crippen molar-refractivity contribution in [1.29, 1.82) is 0 Å². The average Bonchev–Trinajstić information content (AvgIpc) is 2.23. The van der Waals surface area contributed by atoms with Crippen LogP contribution in [0, 0.1) is 6.92 Å². The molecule has 2 nitrogen and oxygen atoms in total. The van der Waals surface area contributed by atoms with Gasteiger partial charge in [0.2, 0.25) is 0 Å². The van der Waals surface area contributed by atoms with Crippen molar-refractivity contribution in [3.63, 3.8) is 0 Å². The van der Waals surface area contributed by atoms with Gasteiger partial charge in [-0.05, 0) is 55.8 Å². The van der Waals surface area contributed by atoms with Crippen molar-refractivity contribution >= 4 is 0 Å². The number of aryl methyl sites for hydroxylation is 1. The number of nitrogens with one attached hydrogen (secondary N) is 1. The van der Waals surface area contributed by atoms with Crippen LogP contribution in [-0.2, 0) is 11.8 Å². The molecule has 0 unspecified atom stereocenters. The lowest BCUT2D eigenvalue weighted by Crippen LogP contribution is -2.35. The molecular weight excluding hydrogens is 234 g/mol. The molecule has 0 bridgehead atoms. The Morgan fingerprint density at radius 3 is 2.26 bits per heavy atom. The lowest BCUT2D eigenvalue weighted by Gasteiger charge is -2.21. The van der Waals surface area contributed by atoms with Gasteiger partial charge in [-0.3, -0.25) is 0 Å². The molecule has 0 fully saturated rings. The van der Waals surface area contributed by atoms with Crippen LogP contribution in [0.3, 0.4) is 0 Å². The van der Waals surface area contributed by atoms with Gasteiger partial charge in [0.15, 0.2) is 0 Å². The van der Waals surface area contributed by atoms with Crippen molar-refractivity contribution in [3.05, 3.63) is 34.9 Å². The van der Waals surface area contributed by atoms with E-state index in [1.165, 1.54) is 16.7 Å². The van der Waals surface area contributed by atoms with Crippen LogP contribution in [0.4, 0.5) is 0 Å². The Hall–Kier alpha value is -0.860. The maximum absolute atomic E-state index is 9.66. The van der Waals surface area contributed by atoms with Crippen LogP contribution in [0.5, 0.6) is 0 Å². The summed E-state index contributed by atoms with van der Waals surface area (Å²) in [5.74, 6) is 0. The third-order valence-corrected chi connectivity index (χ3v) is 3.34. The number of hydrogen-bond donors (Lipinski definition) is 2. The molecule has 0 amide bonds. The number of aliphatic hydroxyl groups is 1. The van der Waals surface area contributed by atoms with Crippen LogP contribution >= 0.6 is 0 Å². The summed E-state index contributed by atoms with van der Waals surface area (Å²) in [6.45, 7) is 14.1. The highest BCUT2D eigenvalue weighted by atomic mass is 16.3. The van der Waals surface area contributed by atoms with E-state index in [0.29, 0.717) is 6.54 Å². The maximum Gasteiger partial charge on any atom is 0.0715 e. The van der Waals surface area contributed by atoms with E-state index in [-0.39, 0.29) is 5.41 Å². The van der Waals surface area contributed by atoms with Crippen LogP contribution in [0.2, 0.25) is 0 Å². The van der Waals surface area contributed by atoms with Crippen LogP contribution in [0.25, 0.3) is 0 Å². The number of benzene rings is 1. The van der Waals surface area contributed by atoms with Crippen molar-refractivity contribution in [2.75, 3.05) is 13.1 Å². The van der Waals surface area contributed by atoms with E-state index in [9.17, 15) is 5.11 Å².